The van der Waals surface area contributed by atoms with Crippen LogP contribution in [0.1, 0.15) is 18.4 Å². The maximum Gasteiger partial charge on any atom is 0.293 e. The Morgan fingerprint density at radius 2 is 2.20 bits per heavy atom. The smallest absolute Gasteiger partial charge is 0.293 e. The molecule has 0 bridgehead atoms. The van der Waals surface area contributed by atoms with Crippen LogP contribution in [0.3, 0.4) is 0 Å². The van der Waals surface area contributed by atoms with Gasteiger partial charge < -0.3 is 15.2 Å². The number of anilines is 1. The Bertz CT molecular complexity index is 547. The summed E-state index contributed by atoms with van der Waals surface area (Å²) in [6.45, 7) is 0.864. The van der Waals surface area contributed by atoms with E-state index in [9.17, 15) is 15.2 Å². The van der Waals surface area contributed by atoms with E-state index in [1.807, 2.05) is 6.07 Å². The highest BCUT2D eigenvalue weighted by molar-refractivity contribution is 5.65. The van der Waals surface area contributed by atoms with E-state index >= 15 is 0 Å². The third-order valence-corrected chi connectivity index (χ3v) is 3.48. The molecule has 0 atom stereocenters. The van der Waals surface area contributed by atoms with Gasteiger partial charge in [0.1, 0.15) is 5.69 Å². The molecular formula is C13H15N3O4. The van der Waals surface area contributed by atoms with E-state index < -0.39 is 10.5 Å². The number of aliphatic hydroxyl groups is 1. The summed E-state index contributed by atoms with van der Waals surface area (Å²) >= 11 is 0. The Hall–Kier alpha value is -2.17. The lowest BCUT2D eigenvalue weighted by Crippen LogP contribution is -2.47. The number of hydrogen-bond acceptors (Lipinski definition) is 6. The summed E-state index contributed by atoms with van der Waals surface area (Å²) in [6, 6.07) is 6.12. The van der Waals surface area contributed by atoms with Crippen molar-refractivity contribution in [1.29, 1.82) is 5.26 Å². The molecule has 0 amide bonds. The van der Waals surface area contributed by atoms with Gasteiger partial charge in [0.15, 0.2) is 0 Å². The minimum Gasteiger partial charge on any atom is -0.394 e. The zero-order chi connectivity index (χ0) is 14.6. The first-order valence-electron chi connectivity index (χ1n) is 6.25. The highest BCUT2D eigenvalue weighted by atomic mass is 16.6. The lowest BCUT2D eigenvalue weighted by molar-refractivity contribution is -0.384. The normalized spacial score (nSPS) is 17.2. The molecule has 1 fully saturated rings. The predicted molar refractivity (Wildman–Crippen MR) is 71.3 cm³/mol. The molecule has 1 aromatic rings. The number of nitrogens with one attached hydrogen (secondary N) is 1. The number of nitriles is 1. The fourth-order valence-corrected chi connectivity index (χ4v) is 2.23. The topological polar surface area (TPSA) is 108 Å². The molecule has 2 rings (SSSR count). The molecule has 7 heteroatoms. The van der Waals surface area contributed by atoms with Crippen LogP contribution in [0.25, 0.3) is 0 Å². The molecule has 106 valence electrons. The first-order chi connectivity index (χ1) is 9.60. The standard InChI is InChI=1S/C13H15N3O4/c14-8-10-1-2-11(12(7-10)16(18)19)15-13(9-17)3-5-20-6-4-13/h1-2,7,15,17H,3-6,9H2. The monoisotopic (exact) mass is 277 g/mol. The minimum atomic E-state index is -0.614. The molecule has 1 saturated heterocycles. The average Bonchev–Trinajstić information content (AvgIpc) is 2.48. The van der Waals surface area contributed by atoms with Crippen molar-refractivity contribution in [2.45, 2.75) is 18.4 Å². The highest BCUT2D eigenvalue weighted by Crippen LogP contribution is 2.32. The van der Waals surface area contributed by atoms with Crippen LogP contribution in [0, 0.1) is 21.4 Å². The lowest BCUT2D eigenvalue weighted by atomic mass is 9.90. The Labute approximate surface area is 115 Å². The molecule has 0 saturated carbocycles. The van der Waals surface area contributed by atoms with Crippen LogP contribution in [-0.2, 0) is 4.74 Å². The van der Waals surface area contributed by atoms with Gasteiger partial charge in [-0.3, -0.25) is 10.1 Å². The Morgan fingerprint density at radius 3 is 2.75 bits per heavy atom. The maximum absolute atomic E-state index is 11.1. The molecule has 1 aromatic carbocycles. The second kappa shape index (κ2) is 5.86. The largest absolute Gasteiger partial charge is 0.394 e. The minimum absolute atomic E-state index is 0.131. The first-order valence-corrected chi connectivity index (χ1v) is 6.25. The van der Waals surface area contributed by atoms with Gasteiger partial charge in [-0.15, -0.1) is 0 Å². The quantitative estimate of drug-likeness (QED) is 0.636. The van der Waals surface area contributed by atoms with Gasteiger partial charge in [-0.2, -0.15) is 5.26 Å². The van der Waals surface area contributed by atoms with Crippen molar-refractivity contribution in [3.05, 3.63) is 33.9 Å². The van der Waals surface area contributed by atoms with Gasteiger partial charge in [0.2, 0.25) is 0 Å². The van der Waals surface area contributed by atoms with Gasteiger partial charge in [-0.25, -0.2) is 0 Å². The molecule has 1 aliphatic rings. The lowest BCUT2D eigenvalue weighted by Gasteiger charge is -2.37. The fourth-order valence-electron chi connectivity index (χ4n) is 2.23. The van der Waals surface area contributed by atoms with Gasteiger partial charge >= 0.3 is 0 Å². The zero-order valence-electron chi connectivity index (χ0n) is 10.8. The summed E-state index contributed by atoms with van der Waals surface area (Å²) in [6.07, 6.45) is 1.14. The zero-order valence-corrected chi connectivity index (χ0v) is 10.8. The van der Waals surface area contributed by atoms with Crippen LogP contribution >= 0.6 is 0 Å². The van der Waals surface area contributed by atoms with Crippen molar-refractivity contribution >= 4 is 11.4 Å². The maximum atomic E-state index is 11.1. The molecule has 7 nitrogen and oxygen atoms in total. The van der Waals surface area contributed by atoms with Crippen molar-refractivity contribution < 1.29 is 14.8 Å². The fraction of sp³-hybridized carbons (Fsp3) is 0.462. The van der Waals surface area contributed by atoms with Gasteiger partial charge in [-0.05, 0) is 25.0 Å². The van der Waals surface area contributed by atoms with E-state index in [1.54, 1.807) is 0 Å². The average molecular weight is 277 g/mol. The van der Waals surface area contributed by atoms with E-state index in [1.165, 1.54) is 18.2 Å². The van der Waals surface area contributed by atoms with Crippen LogP contribution < -0.4 is 5.32 Å². The second-order valence-corrected chi connectivity index (χ2v) is 4.78. The van der Waals surface area contributed by atoms with Gasteiger partial charge in [0.25, 0.3) is 5.69 Å². The predicted octanol–water partition coefficient (Wildman–Crippen LogP) is 1.42. The summed E-state index contributed by atoms with van der Waals surface area (Å²) < 4.78 is 5.25. The SMILES string of the molecule is N#Cc1ccc(NC2(CO)CCOCC2)c([N+](=O)[O-])c1. The molecule has 1 heterocycles. The number of aliphatic hydroxyl groups excluding tert-OH is 1. The van der Waals surface area contributed by atoms with E-state index in [2.05, 4.69) is 5.32 Å². The molecule has 1 aliphatic heterocycles. The van der Waals surface area contributed by atoms with Crippen molar-refractivity contribution in [1.82, 2.24) is 0 Å². The van der Waals surface area contributed by atoms with Crippen LogP contribution in [-0.4, -0.2) is 35.4 Å². The summed E-state index contributed by atoms with van der Waals surface area (Å²) in [7, 11) is 0. The molecule has 0 aromatic heterocycles. The van der Waals surface area contributed by atoms with Crippen molar-refractivity contribution in [2.75, 3.05) is 25.1 Å². The van der Waals surface area contributed by atoms with E-state index in [-0.39, 0.29) is 17.9 Å². The summed E-state index contributed by atoms with van der Waals surface area (Å²) in [5.74, 6) is 0. The number of nitro benzene ring substituents is 1. The third-order valence-electron chi connectivity index (χ3n) is 3.48. The Balaban J connectivity index is 2.32. The van der Waals surface area contributed by atoms with Crippen LogP contribution in [0.15, 0.2) is 18.2 Å². The van der Waals surface area contributed by atoms with Crippen molar-refractivity contribution in [3.63, 3.8) is 0 Å². The first kappa shape index (κ1) is 14.2. The number of rotatable bonds is 4. The van der Waals surface area contributed by atoms with Crippen molar-refractivity contribution in [2.24, 2.45) is 0 Å². The van der Waals surface area contributed by atoms with Gasteiger partial charge in [-0.1, -0.05) is 0 Å². The number of benzene rings is 1. The number of ether oxygens (including phenoxy) is 1. The van der Waals surface area contributed by atoms with Gasteiger partial charge in [0.05, 0.1) is 28.7 Å². The molecule has 0 aliphatic carbocycles. The molecule has 2 N–H and O–H groups in total. The summed E-state index contributed by atoms with van der Waals surface area (Å²) in [5.41, 5.74) is -0.238. The number of nitro groups is 1. The molecule has 0 unspecified atom stereocenters. The third kappa shape index (κ3) is 2.87. The molecule has 0 radical (unpaired) electrons. The van der Waals surface area contributed by atoms with E-state index in [4.69, 9.17) is 10.00 Å². The van der Waals surface area contributed by atoms with Gasteiger partial charge in [0, 0.05) is 19.3 Å². The van der Waals surface area contributed by atoms with E-state index in [0.29, 0.717) is 31.7 Å². The van der Waals surface area contributed by atoms with Crippen LogP contribution in [0.5, 0.6) is 0 Å². The molecule has 0 spiro atoms. The molecular weight excluding hydrogens is 262 g/mol. The number of hydrogen-bond donors (Lipinski definition) is 2. The van der Waals surface area contributed by atoms with Crippen molar-refractivity contribution in [3.8, 4) is 6.07 Å². The summed E-state index contributed by atoms with van der Waals surface area (Å²) in [4.78, 5) is 10.6. The molecule has 20 heavy (non-hydrogen) atoms. The van der Waals surface area contributed by atoms with Crippen LogP contribution in [0.4, 0.5) is 11.4 Å². The number of nitrogens with zero attached hydrogens (tertiary/aromatic N) is 2. The Morgan fingerprint density at radius 1 is 1.50 bits per heavy atom. The second-order valence-electron chi connectivity index (χ2n) is 4.78. The van der Waals surface area contributed by atoms with E-state index in [0.717, 1.165) is 0 Å². The highest BCUT2D eigenvalue weighted by Gasteiger charge is 2.33. The van der Waals surface area contributed by atoms with Crippen LogP contribution in [0.2, 0.25) is 0 Å². The summed E-state index contributed by atoms with van der Waals surface area (Å²) in [5, 5.41) is 32.6. The Kier molecular flexibility index (Phi) is 4.17.